The second-order valence-corrected chi connectivity index (χ2v) is 6.78. The standard InChI is InChI=1S/C22H22N6O4/c1-31-18-9-15(7-8-17(18)19-10-23-13-32-19)24-21-26-20(14-5-3-2-4-6-14)27-22(28-21)25-16(11-29)12-30/h2-10,13,16,29-30H,11-12H2,1H3,(H2,24,25,26,27,28). The maximum Gasteiger partial charge on any atom is 0.232 e. The van der Waals surface area contributed by atoms with E-state index in [1.54, 1.807) is 19.4 Å². The Morgan fingerprint density at radius 3 is 2.47 bits per heavy atom. The molecule has 0 spiro atoms. The van der Waals surface area contributed by atoms with Gasteiger partial charge in [-0.25, -0.2) is 4.98 Å². The fourth-order valence-corrected chi connectivity index (χ4v) is 2.99. The number of oxazole rings is 1. The van der Waals surface area contributed by atoms with Crippen molar-refractivity contribution in [2.24, 2.45) is 0 Å². The van der Waals surface area contributed by atoms with E-state index in [1.165, 1.54) is 6.39 Å². The molecule has 0 fully saturated rings. The molecule has 10 heteroatoms. The molecule has 32 heavy (non-hydrogen) atoms. The highest BCUT2D eigenvalue weighted by Gasteiger charge is 2.14. The van der Waals surface area contributed by atoms with Crippen LogP contribution in [0.5, 0.6) is 5.75 Å². The van der Waals surface area contributed by atoms with E-state index in [0.717, 1.165) is 11.1 Å². The highest BCUT2D eigenvalue weighted by Crippen LogP contribution is 2.33. The molecule has 0 unspecified atom stereocenters. The van der Waals surface area contributed by atoms with E-state index in [-0.39, 0.29) is 25.1 Å². The number of methoxy groups -OCH3 is 1. The summed E-state index contributed by atoms with van der Waals surface area (Å²) in [6.07, 6.45) is 2.97. The van der Waals surface area contributed by atoms with Gasteiger partial charge in [0, 0.05) is 17.3 Å². The summed E-state index contributed by atoms with van der Waals surface area (Å²) in [5.41, 5.74) is 2.23. The minimum atomic E-state index is -0.602. The van der Waals surface area contributed by atoms with Gasteiger partial charge in [-0.1, -0.05) is 30.3 Å². The molecule has 0 atom stereocenters. The van der Waals surface area contributed by atoms with Crippen LogP contribution < -0.4 is 15.4 Å². The van der Waals surface area contributed by atoms with E-state index in [9.17, 15) is 10.2 Å². The molecular formula is C22H22N6O4. The van der Waals surface area contributed by atoms with E-state index >= 15 is 0 Å². The van der Waals surface area contributed by atoms with Crippen LogP contribution in [0.3, 0.4) is 0 Å². The van der Waals surface area contributed by atoms with Crippen molar-refractivity contribution < 1.29 is 19.4 Å². The van der Waals surface area contributed by atoms with Crippen molar-refractivity contribution in [1.29, 1.82) is 0 Å². The Bertz CT molecular complexity index is 1150. The number of benzene rings is 2. The first-order chi connectivity index (χ1) is 15.7. The minimum Gasteiger partial charge on any atom is -0.496 e. The maximum atomic E-state index is 9.40. The normalized spacial score (nSPS) is 10.9. The van der Waals surface area contributed by atoms with Crippen molar-refractivity contribution >= 4 is 17.6 Å². The zero-order chi connectivity index (χ0) is 22.3. The number of nitrogens with zero attached hydrogens (tertiary/aromatic N) is 4. The molecule has 2 heterocycles. The van der Waals surface area contributed by atoms with Crippen molar-refractivity contribution in [3.05, 3.63) is 61.1 Å². The lowest BCUT2D eigenvalue weighted by Crippen LogP contribution is -2.29. The number of aromatic nitrogens is 4. The molecule has 0 radical (unpaired) electrons. The molecule has 0 aliphatic heterocycles. The van der Waals surface area contributed by atoms with E-state index in [4.69, 9.17) is 9.15 Å². The van der Waals surface area contributed by atoms with Gasteiger partial charge in [-0.2, -0.15) is 15.0 Å². The zero-order valence-corrected chi connectivity index (χ0v) is 17.3. The number of hydrogen-bond donors (Lipinski definition) is 4. The molecule has 0 aliphatic rings. The lowest BCUT2D eigenvalue weighted by atomic mass is 10.1. The Balaban J connectivity index is 1.68. The van der Waals surface area contributed by atoms with Gasteiger partial charge >= 0.3 is 0 Å². The smallest absolute Gasteiger partial charge is 0.232 e. The molecule has 164 valence electrons. The Kier molecular flexibility index (Phi) is 6.54. The third-order valence-electron chi connectivity index (χ3n) is 4.60. The largest absolute Gasteiger partial charge is 0.496 e. The SMILES string of the molecule is COc1cc(Nc2nc(NC(CO)CO)nc(-c3ccccc3)n2)ccc1-c1cnco1. The third-order valence-corrected chi connectivity index (χ3v) is 4.60. The van der Waals surface area contributed by atoms with Crippen LogP contribution in [-0.2, 0) is 0 Å². The summed E-state index contributed by atoms with van der Waals surface area (Å²) in [6.45, 7) is -0.544. The molecule has 0 bridgehead atoms. The predicted molar refractivity (Wildman–Crippen MR) is 119 cm³/mol. The molecule has 4 rings (SSSR count). The van der Waals surface area contributed by atoms with Crippen LogP contribution in [0.4, 0.5) is 17.6 Å². The summed E-state index contributed by atoms with van der Waals surface area (Å²) in [6, 6.07) is 14.3. The maximum absolute atomic E-state index is 9.40. The van der Waals surface area contributed by atoms with Crippen molar-refractivity contribution in [2.75, 3.05) is 31.0 Å². The van der Waals surface area contributed by atoms with Crippen molar-refractivity contribution in [3.63, 3.8) is 0 Å². The average Bonchev–Trinajstić information content (AvgIpc) is 3.37. The van der Waals surface area contributed by atoms with Gasteiger partial charge in [0.1, 0.15) is 5.75 Å². The van der Waals surface area contributed by atoms with E-state index < -0.39 is 6.04 Å². The summed E-state index contributed by atoms with van der Waals surface area (Å²) in [7, 11) is 1.57. The number of anilines is 3. The monoisotopic (exact) mass is 434 g/mol. The number of aliphatic hydroxyl groups excluding tert-OH is 2. The molecular weight excluding hydrogens is 412 g/mol. The zero-order valence-electron chi connectivity index (χ0n) is 17.3. The summed E-state index contributed by atoms with van der Waals surface area (Å²) in [5, 5.41) is 24.9. The van der Waals surface area contributed by atoms with E-state index in [0.29, 0.717) is 23.0 Å². The summed E-state index contributed by atoms with van der Waals surface area (Å²) < 4.78 is 10.9. The lowest BCUT2D eigenvalue weighted by Gasteiger charge is -2.15. The first-order valence-electron chi connectivity index (χ1n) is 9.84. The number of aliphatic hydroxyl groups is 2. The lowest BCUT2D eigenvalue weighted by molar-refractivity contribution is 0.203. The molecule has 4 aromatic rings. The second-order valence-electron chi connectivity index (χ2n) is 6.78. The van der Waals surface area contributed by atoms with Crippen LogP contribution in [0.1, 0.15) is 0 Å². The Labute approximate surface area is 184 Å². The first kappa shape index (κ1) is 21.2. The van der Waals surface area contributed by atoms with Gasteiger partial charge in [0.2, 0.25) is 11.9 Å². The Hall–Kier alpha value is -4.02. The van der Waals surface area contributed by atoms with Crippen molar-refractivity contribution in [1.82, 2.24) is 19.9 Å². The average molecular weight is 434 g/mol. The summed E-state index contributed by atoms with van der Waals surface area (Å²) in [4.78, 5) is 17.3. The Morgan fingerprint density at radius 2 is 1.78 bits per heavy atom. The van der Waals surface area contributed by atoms with Gasteiger partial charge in [-0.15, -0.1) is 0 Å². The van der Waals surface area contributed by atoms with Gasteiger partial charge in [-0.3, -0.25) is 0 Å². The highest BCUT2D eigenvalue weighted by molar-refractivity contribution is 5.71. The van der Waals surface area contributed by atoms with Gasteiger partial charge in [0.25, 0.3) is 0 Å². The van der Waals surface area contributed by atoms with Gasteiger partial charge in [-0.05, 0) is 12.1 Å². The van der Waals surface area contributed by atoms with Crippen LogP contribution in [0, 0.1) is 0 Å². The molecule has 0 amide bonds. The van der Waals surface area contributed by atoms with Crippen LogP contribution in [0.2, 0.25) is 0 Å². The van der Waals surface area contributed by atoms with Gasteiger partial charge in [0.15, 0.2) is 18.0 Å². The first-order valence-corrected chi connectivity index (χ1v) is 9.84. The van der Waals surface area contributed by atoms with E-state index in [2.05, 4.69) is 30.6 Å². The second kappa shape index (κ2) is 9.86. The molecule has 10 nitrogen and oxygen atoms in total. The molecule has 4 N–H and O–H groups in total. The third kappa shape index (κ3) is 4.82. The number of nitrogens with one attached hydrogen (secondary N) is 2. The van der Waals surface area contributed by atoms with Crippen molar-refractivity contribution in [3.8, 4) is 28.5 Å². The fourth-order valence-electron chi connectivity index (χ4n) is 2.99. The predicted octanol–water partition coefficient (Wildman–Crippen LogP) is 2.71. The van der Waals surface area contributed by atoms with Crippen LogP contribution in [0.25, 0.3) is 22.7 Å². The van der Waals surface area contributed by atoms with Crippen LogP contribution in [0.15, 0.2) is 65.5 Å². The molecule has 0 saturated heterocycles. The van der Waals surface area contributed by atoms with Crippen LogP contribution in [-0.4, -0.2) is 56.5 Å². The molecule has 0 aliphatic carbocycles. The van der Waals surface area contributed by atoms with Gasteiger partial charge < -0.3 is 30.0 Å². The molecule has 0 saturated carbocycles. The highest BCUT2D eigenvalue weighted by atomic mass is 16.5. The van der Waals surface area contributed by atoms with Crippen molar-refractivity contribution in [2.45, 2.75) is 6.04 Å². The Morgan fingerprint density at radius 1 is 1.00 bits per heavy atom. The number of ether oxygens (including phenoxy) is 1. The summed E-state index contributed by atoms with van der Waals surface area (Å²) in [5.74, 6) is 2.11. The topological polar surface area (TPSA) is 138 Å². The fraction of sp³-hybridized carbons (Fsp3) is 0.182. The number of hydrogen-bond acceptors (Lipinski definition) is 10. The van der Waals surface area contributed by atoms with Crippen LogP contribution >= 0.6 is 0 Å². The summed E-state index contributed by atoms with van der Waals surface area (Å²) >= 11 is 0. The van der Waals surface area contributed by atoms with Gasteiger partial charge in [0.05, 0.1) is 38.1 Å². The molecule has 2 aromatic heterocycles. The number of rotatable bonds is 9. The minimum absolute atomic E-state index is 0.222. The molecule has 2 aromatic carbocycles. The van der Waals surface area contributed by atoms with E-state index in [1.807, 2.05) is 42.5 Å². The quantitative estimate of drug-likeness (QED) is 0.311.